The van der Waals surface area contributed by atoms with E-state index >= 15 is 0 Å². The summed E-state index contributed by atoms with van der Waals surface area (Å²) in [7, 11) is 0. The second-order valence-corrected chi connectivity index (χ2v) is 5.33. The first kappa shape index (κ1) is 12.6. The lowest BCUT2D eigenvalue weighted by atomic mass is 10.1. The van der Waals surface area contributed by atoms with Crippen LogP contribution in [0.15, 0.2) is 48.5 Å². The smallest absolute Gasteiger partial charge is 0.142 e. The van der Waals surface area contributed by atoms with Crippen molar-refractivity contribution in [1.29, 1.82) is 0 Å². The summed E-state index contributed by atoms with van der Waals surface area (Å²) in [6.45, 7) is 0.616. The molecule has 1 saturated carbocycles. The molecule has 1 nitrogen and oxygen atoms in total. The van der Waals surface area contributed by atoms with Gasteiger partial charge in [-0.15, -0.1) is 0 Å². The molecule has 1 fully saturated rings. The van der Waals surface area contributed by atoms with Crippen LogP contribution in [-0.2, 0) is 6.54 Å². The third-order valence-electron chi connectivity index (χ3n) is 3.60. The van der Waals surface area contributed by atoms with E-state index in [1.54, 1.807) is 6.07 Å². The number of nitrogens with one attached hydrogen (secondary N) is 1. The van der Waals surface area contributed by atoms with Crippen LogP contribution in [0, 0.1) is 5.82 Å². The molecule has 19 heavy (non-hydrogen) atoms. The molecule has 2 aromatic rings. The van der Waals surface area contributed by atoms with E-state index in [1.165, 1.54) is 11.6 Å². The largest absolute Gasteiger partial charge is 0.309 e. The van der Waals surface area contributed by atoms with Crippen LogP contribution in [0.2, 0.25) is 5.02 Å². The van der Waals surface area contributed by atoms with Gasteiger partial charge in [-0.2, -0.15) is 0 Å². The summed E-state index contributed by atoms with van der Waals surface area (Å²) in [6.07, 6.45) is 1.14. The molecule has 98 valence electrons. The van der Waals surface area contributed by atoms with Crippen molar-refractivity contribution in [2.45, 2.75) is 24.9 Å². The van der Waals surface area contributed by atoms with Gasteiger partial charge in [0, 0.05) is 18.5 Å². The summed E-state index contributed by atoms with van der Waals surface area (Å²) in [6, 6.07) is 15.9. The molecule has 0 saturated heterocycles. The number of benzene rings is 2. The average Bonchev–Trinajstić information content (AvgIpc) is 3.21. The zero-order valence-corrected chi connectivity index (χ0v) is 11.2. The minimum Gasteiger partial charge on any atom is -0.309 e. The molecule has 2 atom stereocenters. The maximum absolute atomic E-state index is 13.3. The lowest BCUT2D eigenvalue weighted by Crippen LogP contribution is -2.17. The summed E-state index contributed by atoms with van der Waals surface area (Å²) in [5.74, 6) is 0.227. The molecule has 3 heteroatoms. The molecule has 0 heterocycles. The Morgan fingerprint density at radius 1 is 1.11 bits per heavy atom. The fraction of sp³-hybridized carbons (Fsp3) is 0.250. The van der Waals surface area contributed by atoms with Gasteiger partial charge in [0.15, 0.2) is 0 Å². The van der Waals surface area contributed by atoms with Crippen molar-refractivity contribution in [3.05, 3.63) is 70.5 Å². The van der Waals surface area contributed by atoms with Crippen LogP contribution < -0.4 is 5.32 Å². The zero-order chi connectivity index (χ0) is 13.2. The predicted octanol–water partition coefficient (Wildman–Crippen LogP) is 4.12. The Hall–Kier alpha value is -1.38. The van der Waals surface area contributed by atoms with Gasteiger partial charge < -0.3 is 5.32 Å². The second kappa shape index (κ2) is 5.32. The van der Waals surface area contributed by atoms with Crippen molar-refractivity contribution < 1.29 is 4.39 Å². The van der Waals surface area contributed by atoms with Gasteiger partial charge in [-0.3, -0.25) is 0 Å². The average molecular weight is 276 g/mol. The Morgan fingerprint density at radius 2 is 1.89 bits per heavy atom. The molecule has 0 aliphatic heterocycles. The van der Waals surface area contributed by atoms with E-state index in [9.17, 15) is 4.39 Å². The van der Waals surface area contributed by atoms with Crippen molar-refractivity contribution in [3.63, 3.8) is 0 Å². The van der Waals surface area contributed by atoms with Crippen LogP contribution in [-0.4, -0.2) is 6.04 Å². The molecule has 1 aliphatic rings. The third kappa shape index (κ3) is 2.80. The van der Waals surface area contributed by atoms with E-state index in [-0.39, 0.29) is 10.8 Å². The monoisotopic (exact) mass is 275 g/mol. The van der Waals surface area contributed by atoms with Crippen molar-refractivity contribution >= 4 is 11.6 Å². The third-order valence-corrected chi connectivity index (χ3v) is 4.03. The molecule has 0 bridgehead atoms. The second-order valence-electron chi connectivity index (χ2n) is 4.95. The number of hydrogen-bond donors (Lipinski definition) is 1. The minimum atomic E-state index is -0.351. The maximum atomic E-state index is 13.3. The summed E-state index contributed by atoms with van der Waals surface area (Å²) in [5.41, 5.74) is 2.19. The van der Waals surface area contributed by atoms with Crippen LogP contribution in [0.5, 0.6) is 0 Å². The number of rotatable bonds is 4. The normalized spacial score (nSPS) is 21.4. The van der Waals surface area contributed by atoms with Crippen LogP contribution >= 0.6 is 11.6 Å². The molecule has 0 aromatic heterocycles. The van der Waals surface area contributed by atoms with Gasteiger partial charge in [-0.25, -0.2) is 4.39 Å². The highest BCUT2D eigenvalue weighted by atomic mass is 35.5. The molecule has 1 aliphatic carbocycles. The van der Waals surface area contributed by atoms with Crippen molar-refractivity contribution in [3.8, 4) is 0 Å². The fourth-order valence-corrected chi connectivity index (χ4v) is 2.61. The fourth-order valence-electron chi connectivity index (χ4n) is 2.42. The van der Waals surface area contributed by atoms with E-state index in [0.29, 0.717) is 18.5 Å². The summed E-state index contributed by atoms with van der Waals surface area (Å²) < 4.78 is 13.3. The van der Waals surface area contributed by atoms with Gasteiger partial charge >= 0.3 is 0 Å². The van der Waals surface area contributed by atoms with Gasteiger partial charge in [0.1, 0.15) is 5.82 Å². The molecule has 0 amide bonds. The lowest BCUT2D eigenvalue weighted by molar-refractivity contribution is 0.619. The van der Waals surface area contributed by atoms with Crippen molar-refractivity contribution in [2.75, 3.05) is 0 Å². The Balaban J connectivity index is 1.59. The van der Waals surface area contributed by atoms with Crippen LogP contribution in [0.3, 0.4) is 0 Å². The van der Waals surface area contributed by atoms with Crippen LogP contribution in [0.4, 0.5) is 4.39 Å². The van der Waals surface area contributed by atoms with Crippen molar-refractivity contribution in [1.82, 2.24) is 5.32 Å². The van der Waals surface area contributed by atoms with E-state index < -0.39 is 0 Å². The molecule has 3 rings (SSSR count). The molecular formula is C16H15ClFN. The maximum Gasteiger partial charge on any atom is 0.142 e. The molecule has 2 unspecified atom stereocenters. The molecule has 0 spiro atoms. The summed E-state index contributed by atoms with van der Waals surface area (Å²) >= 11 is 5.94. The van der Waals surface area contributed by atoms with Gasteiger partial charge in [0.05, 0.1) is 5.02 Å². The van der Waals surface area contributed by atoms with Crippen molar-refractivity contribution in [2.24, 2.45) is 0 Å². The first-order valence-corrected chi connectivity index (χ1v) is 6.84. The minimum absolute atomic E-state index is 0.229. The quantitative estimate of drug-likeness (QED) is 0.885. The topological polar surface area (TPSA) is 12.0 Å². The standard InChI is InChI=1S/C16H15ClFN/c17-16-12(7-4-8-14(16)18)10-19-15-9-13(15)11-5-2-1-3-6-11/h1-8,13,15,19H,9-10H2. The molecule has 2 aromatic carbocycles. The molecular weight excluding hydrogens is 261 g/mol. The first-order chi connectivity index (χ1) is 9.25. The number of halogens is 2. The van der Waals surface area contributed by atoms with E-state index in [2.05, 4.69) is 29.6 Å². The van der Waals surface area contributed by atoms with E-state index in [4.69, 9.17) is 11.6 Å². The van der Waals surface area contributed by atoms with Gasteiger partial charge in [-0.1, -0.05) is 54.1 Å². The van der Waals surface area contributed by atoms with Gasteiger partial charge in [-0.05, 0) is 23.6 Å². The zero-order valence-electron chi connectivity index (χ0n) is 10.4. The van der Waals surface area contributed by atoms with Crippen LogP contribution in [0.1, 0.15) is 23.5 Å². The predicted molar refractivity (Wildman–Crippen MR) is 75.8 cm³/mol. The first-order valence-electron chi connectivity index (χ1n) is 6.47. The molecule has 0 radical (unpaired) electrons. The van der Waals surface area contributed by atoms with E-state index in [1.807, 2.05) is 12.1 Å². The Kier molecular flexibility index (Phi) is 3.54. The Bertz CT molecular complexity index is 570. The Labute approximate surface area is 117 Å². The van der Waals surface area contributed by atoms with E-state index in [0.717, 1.165) is 12.0 Å². The Morgan fingerprint density at radius 3 is 2.68 bits per heavy atom. The van der Waals surface area contributed by atoms with Gasteiger partial charge in [0.2, 0.25) is 0 Å². The summed E-state index contributed by atoms with van der Waals surface area (Å²) in [4.78, 5) is 0. The lowest BCUT2D eigenvalue weighted by Gasteiger charge is -2.07. The summed E-state index contributed by atoms with van der Waals surface area (Å²) in [5, 5.41) is 3.67. The number of hydrogen-bond acceptors (Lipinski definition) is 1. The highest BCUT2D eigenvalue weighted by Crippen LogP contribution is 2.40. The van der Waals surface area contributed by atoms with Crippen LogP contribution in [0.25, 0.3) is 0 Å². The van der Waals surface area contributed by atoms with Gasteiger partial charge in [0.25, 0.3) is 0 Å². The highest BCUT2D eigenvalue weighted by Gasteiger charge is 2.37. The molecule has 1 N–H and O–H groups in total. The SMILES string of the molecule is Fc1cccc(CNC2CC2c2ccccc2)c1Cl. The highest BCUT2D eigenvalue weighted by molar-refractivity contribution is 6.31.